The third-order valence-electron chi connectivity index (χ3n) is 2.86. The van der Waals surface area contributed by atoms with Crippen molar-refractivity contribution in [2.24, 2.45) is 0 Å². The van der Waals surface area contributed by atoms with Gasteiger partial charge in [0.15, 0.2) is 6.61 Å². The number of carbonyl (C=O) groups is 2. The van der Waals surface area contributed by atoms with E-state index in [2.05, 4.69) is 11.9 Å². The van der Waals surface area contributed by atoms with E-state index in [1.165, 1.54) is 0 Å². The summed E-state index contributed by atoms with van der Waals surface area (Å²) in [5, 5.41) is 2.53. The van der Waals surface area contributed by atoms with Crippen LogP contribution < -0.4 is 10.1 Å². The number of rotatable bonds is 7. The van der Waals surface area contributed by atoms with E-state index in [0.29, 0.717) is 18.0 Å². The molecular weight excluding hydrogens is 294 g/mol. The maximum atomic E-state index is 12.1. The summed E-state index contributed by atoms with van der Waals surface area (Å²) in [4.78, 5) is 23.6. The lowest BCUT2D eigenvalue weighted by Gasteiger charge is -2.10. The maximum Gasteiger partial charge on any atom is 0.342 e. The van der Waals surface area contributed by atoms with Gasteiger partial charge < -0.3 is 14.8 Å². The monoisotopic (exact) mass is 311 g/mol. The minimum absolute atomic E-state index is 0.257. The molecule has 0 aliphatic heterocycles. The number of ether oxygens (including phenoxy) is 2. The van der Waals surface area contributed by atoms with Gasteiger partial charge in [0.25, 0.3) is 5.91 Å². The lowest BCUT2D eigenvalue weighted by Crippen LogP contribution is -2.28. The molecule has 0 saturated heterocycles. The molecule has 0 aromatic heterocycles. The molecule has 2 aromatic carbocycles. The zero-order valence-corrected chi connectivity index (χ0v) is 12.5. The van der Waals surface area contributed by atoms with Gasteiger partial charge in [0.2, 0.25) is 0 Å². The van der Waals surface area contributed by atoms with Gasteiger partial charge in [0, 0.05) is 6.54 Å². The summed E-state index contributed by atoms with van der Waals surface area (Å²) in [6, 6.07) is 15.8. The van der Waals surface area contributed by atoms with Crippen LogP contribution in [0.15, 0.2) is 67.3 Å². The Balaban J connectivity index is 2.03. The number of amides is 1. The average Bonchev–Trinajstić information content (AvgIpc) is 2.59. The predicted molar refractivity (Wildman–Crippen MR) is 86.4 cm³/mol. The molecule has 0 fully saturated rings. The van der Waals surface area contributed by atoms with E-state index in [9.17, 15) is 9.59 Å². The Bertz CT molecular complexity index is 682. The first kappa shape index (κ1) is 16.3. The number of esters is 1. The Hall–Kier alpha value is -3.08. The number of benzene rings is 2. The summed E-state index contributed by atoms with van der Waals surface area (Å²) in [7, 11) is 0. The average molecular weight is 311 g/mol. The van der Waals surface area contributed by atoms with Crippen LogP contribution in [0.5, 0.6) is 11.5 Å². The fourth-order valence-corrected chi connectivity index (χ4v) is 1.79. The molecule has 0 bridgehead atoms. The van der Waals surface area contributed by atoms with Crippen LogP contribution in [0.1, 0.15) is 10.4 Å². The van der Waals surface area contributed by atoms with Gasteiger partial charge in [-0.2, -0.15) is 0 Å². The van der Waals surface area contributed by atoms with Crippen LogP contribution >= 0.6 is 0 Å². The molecule has 0 spiro atoms. The number of hydrogen-bond donors (Lipinski definition) is 1. The largest absolute Gasteiger partial charge is 0.456 e. The highest BCUT2D eigenvalue weighted by molar-refractivity contribution is 5.94. The van der Waals surface area contributed by atoms with Gasteiger partial charge in [-0.3, -0.25) is 4.79 Å². The second kappa shape index (κ2) is 8.38. The molecule has 118 valence electrons. The molecule has 2 rings (SSSR count). The molecule has 0 aliphatic rings. The van der Waals surface area contributed by atoms with Gasteiger partial charge in [-0.1, -0.05) is 36.4 Å². The van der Waals surface area contributed by atoms with Crippen molar-refractivity contribution in [1.29, 1.82) is 0 Å². The molecule has 0 saturated carbocycles. The highest BCUT2D eigenvalue weighted by atomic mass is 16.5. The highest BCUT2D eigenvalue weighted by Crippen LogP contribution is 2.25. The third kappa shape index (κ3) is 5.00. The number of carbonyl (C=O) groups excluding carboxylic acids is 2. The normalized spacial score (nSPS) is 9.74. The van der Waals surface area contributed by atoms with E-state index in [4.69, 9.17) is 9.47 Å². The molecule has 0 atom stereocenters. The topological polar surface area (TPSA) is 64.6 Å². The van der Waals surface area contributed by atoms with Crippen LogP contribution in [0.3, 0.4) is 0 Å². The molecule has 0 heterocycles. The summed E-state index contributed by atoms with van der Waals surface area (Å²) in [6.45, 7) is 3.46. The molecule has 0 radical (unpaired) electrons. The van der Waals surface area contributed by atoms with Crippen molar-refractivity contribution in [1.82, 2.24) is 5.32 Å². The summed E-state index contributed by atoms with van der Waals surface area (Å²) in [6.07, 6.45) is 1.54. The Morgan fingerprint density at radius 1 is 1.04 bits per heavy atom. The van der Waals surface area contributed by atoms with Gasteiger partial charge in [-0.15, -0.1) is 6.58 Å². The van der Waals surface area contributed by atoms with Gasteiger partial charge in [0.05, 0.1) is 0 Å². The Morgan fingerprint density at radius 3 is 2.48 bits per heavy atom. The van der Waals surface area contributed by atoms with Gasteiger partial charge in [0.1, 0.15) is 17.1 Å². The lowest BCUT2D eigenvalue weighted by atomic mass is 10.2. The minimum Gasteiger partial charge on any atom is -0.456 e. The van der Waals surface area contributed by atoms with Crippen molar-refractivity contribution in [3.8, 4) is 11.5 Å². The van der Waals surface area contributed by atoms with Crippen LogP contribution in [0.4, 0.5) is 0 Å². The van der Waals surface area contributed by atoms with Crippen molar-refractivity contribution in [3.63, 3.8) is 0 Å². The van der Waals surface area contributed by atoms with Crippen LogP contribution in [-0.4, -0.2) is 25.0 Å². The highest BCUT2D eigenvalue weighted by Gasteiger charge is 2.15. The van der Waals surface area contributed by atoms with E-state index in [1.54, 1.807) is 42.5 Å². The van der Waals surface area contributed by atoms with Gasteiger partial charge in [-0.05, 0) is 24.3 Å². The number of nitrogens with one attached hydrogen (secondary N) is 1. The van der Waals surface area contributed by atoms with E-state index in [0.717, 1.165) is 0 Å². The fraction of sp³-hybridized carbons (Fsp3) is 0.111. The van der Waals surface area contributed by atoms with Crippen molar-refractivity contribution in [3.05, 3.63) is 72.8 Å². The second-order valence-corrected chi connectivity index (χ2v) is 4.58. The summed E-state index contributed by atoms with van der Waals surface area (Å²) in [5.74, 6) is -0.0309. The van der Waals surface area contributed by atoms with Crippen LogP contribution in [-0.2, 0) is 9.53 Å². The van der Waals surface area contributed by atoms with Crippen LogP contribution in [0.25, 0.3) is 0 Å². The van der Waals surface area contributed by atoms with E-state index in [-0.39, 0.29) is 18.1 Å². The SMILES string of the molecule is C=CCNC(=O)COC(=O)c1ccccc1Oc1ccccc1. The molecule has 5 heteroatoms. The molecule has 0 unspecified atom stereocenters. The molecule has 1 N–H and O–H groups in total. The Kier molecular flexibility index (Phi) is 5.94. The summed E-state index contributed by atoms with van der Waals surface area (Å²) >= 11 is 0. The number of hydrogen-bond acceptors (Lipinski definition) is 4. The third-order valence-corrected chi connectivity index (χ3v) is 2.86. The first-order valence-corrected chi connectivity index (χ1v) is 7.07. The molecule has 1 amide bonds. The van der Waals surface area contributed by atoms with Crippen molar-refractivity contribution in [2.45, 2.75) is 0 Å². The minimum atomic E-state index is -0.620. The number of para-hydroxylation sites is 2. The summed E-state index contributed by atoms with van der Waals surface area (Å²) in [5.41, 5.74) is 0.257. The first-order chi connectivity index (χ1) is 11.2. The van der Waals surface area contributed by atoms with Gasteiger partial charge in [-0.25, -0.2) is 4.79 Å². The molecule has 23 heavy (non-hydrogen) atoms. The van der Waals surface area contributed by atoms with E-state index in [1.807, 2.05) is 18.2 Å². The van der Waals surface area contributed by atoms with E-state index >= 15 is 0 Å². The van der Waals surface area contributed by atoms with Crippen LogP contribution in [0, 0.1) is 0 Å². The smallest absolute Gasteiger partial charge is 0.342 e. The molecule has 2 aromatic rings. The molecular formula is C18H17NO4. The Morgan fingerprint density at radius 2 is 1.74 bits per heavy atom. The van der Waals surface area contributed by atoms with Crippen molar-refractivity contribution >= 4 is 11.9 Å². The van der Waals surface area contributed by atoms with E-state index < -0.39 is 5.97 Å². The maximum absolute atomic E-state index is 12.1. The van der Waals surface area contributed by atoms with Crippen LogP contribution in [0.2, 0.25) is 0 Å². The summed E-state index contributed by atoms with van der Waals surface area (Å²) < 4.78 is 10.7. The zero-order valence-electron chi connectivity index (χ0n) is 12.5. The molecule has 5 nitrogen and oxygen atoms in total. The first-order valence-electron chi connectivity index (χ1n) is 7.07. The fourth-order valence-electron chi connectivity index (χ4n) is 1.79. The van der Waals surface area contributed by atoms with Crippen molar-refractivity contribution < 1.29 is 19.1 Å². The van der Waals surface area contributed by atoms with Crippen molar-refractivity contribution in [2.75, 3.05) is 13.2 Å². The Labute approximate surface area is 134 Å². The van der Waals surface area contributed by atoms with Gasteiger partial charge >= 0.3 is 5.97 Å². The molecule has 0 aliphatic carbocycles. The quantitative estimate of drug-likeness (QED) is 0.631. The lowest BCUT2D eigenvalue weighted by molar-refractivity contribution is -0.124. The standard InChI is InChI=1S/C18H17NO4/c1-2-12-19-17(20)13-22-18(21)15-10-6-7-11-16(15)23-14-8-4-3-5-9-14/h2-11H,1,12-13H2,(H,19,20). The zero-order chi connectivity index (χ0) is 16.5. The second-order valence-electron chi connectivity index (χ2n) is 4.58. The predicted octanol–water partition coefficient (Wildman–Crippen LogP) is 2.94.